The minimum atomic E-state index is 1.22. The molecule has 0 amide bonds. The minimum absolute atomic E-state index is 1.22. The molecule has 1 aliphatic carbocycles. The van der Waals surface area contributed by atoms with Gasteiger partial charge in [0.15, 0.2) is 0 Å². The second kappa shape index (κ2) is 3.67. The molecule has 14 heavy (non-hydrogen) atoms. The Kier molecular flexibility index (Phi) is 2.36. The van der Waals surface area contributed by atoms with Crippen molar-refractivity contribution < 1.29 is 0 Å². The summed E-state index contributed by atoms with van der Waals surface area (Å²) >= 11 is 0. The zero-order valence-electron chi connectivity index (χ0n) is 8.29. The maximum absolute atomic E-state index is 3.73. The zero-order chi connectivity index (χ0) is 9.97. The van der Waals surface area contributed by atoms with E-state index >= 15 is 0 Å². The smallest absolute Gasteiger partial charge is 0.0181 e. The summed E-state index contributed by atoms with van der Waals surface area (Å²) in [5, 5.41) is 2.50. The first-order valence-electron chi connectivity index (χ1n) is 4.92. The summed E-state index contributed by atoms with van der Waals surface area (Å²) in [4.78, 5) is 0. The number of benzene rings is 1. The average Bonchev–Trinajstić information content (AvgIpc) is 2.15. The van der Waals surface area contributed by atoms with Gasteiger partial charge in [0, 0.05) is 0 Å². The molecule has 0 fully saturated rings. The van der Waals surface area contributed by atoms with Crippen LogP contribution in [0.15, 0.2) is 37.4 Å². The van der Waals surface area contributed by atoms with Gasteiger partial charge in [0.1, 0.15) is 0 Å². The van der Waals surface area contributed by atoms with E-state index < -0.39 is 0 Å². The van der Waals surface area contributed by atoms with E-state index in [1.807, 2.05) is 24.3 Å². The summed E-state index contributed by atoms with van der Waals surface area (Å²) in [5.74, 6) is 0. The van der Waals surface area contributed by atoms with Gasteiger partial charge in [0.05, 0.1) is 0 Å². The van der Waals surface area contributed by atoms with Crippen LogP contribution < -0.4 is 10.4 Å². The van der Waals surface area contributed by atoms with E-state index in [9.17, 15) is 0 Å². The molecule has 0 saturated carbocycles. The van der Waals surface area contributed by atoms with E-state index in [1.165, 1.54) is 34.4 Å². The Morgan fingerprint density at radius 2 is 1.29 bits per heavy atom. The lowest BCUT2D eigenvalue weighted by Crippen LogP contribution is -2.29. The van der Waals surface area contributed by atoms with Crippen molar-refractivity contribution in [3.63, 3.8) is 0 Å². The van der Waals surface area contributed by atoms with Gasteiger partial charge in [-0.05, 0) is 34.4 Å². The van der Waals surface area contributed by atoms with E-state index in [-0.39, 0.29) is 0 Å². The van der Waals surface area contributed by atoms with Crippen LogP contribution in [-0.4, -0.2) is 0 Å². The third-order valence-corrected chi connectivity index (χ3v) is 2.66. The normalized spacial score (nSPS) is 16.0. The standard InChI is InChI=1S/C14H14/c1-3-5-11-9-13-7-8-14(13)10-12(11)6-4-2/h3-6,9-10H,1-2,7-8H2/b11-5-,12-6-. The van der Waals surface area contributed by atoms with Crippen molar-refractivity contribution in [2.75, 3.05) is 0 Å². The molecule has 0 atom stereocenters. The number of rotatable bonds is 2. The maximum Gasteiger partial charge on any atom is -0.0181 e. The monoisotopic (exact) mass is 182 g/mol. The molecule has 1 aromatic rings. The van der Waals surface area contributed by atoms with Crippen LogP contribution in [0.25, 0.3) is 12.2 Å². The Labute approximate surface area is 84.6 Å². The Balaban J connectivity index is 2.74. The first-order chi connectivity index (χ1) is 6.85. The van der Waals surface area contributed by atoms with Gasteiger partial charge in [-0.25, -0.2) is 0 Å². The van der Waals surface area contributed by atoms with Gasteiger partial charge in [0.25, 0.3) is 0 Å². The van der Waals surface area contributed by atoms with Crippen LogP contribution in [0.5, 0.6) is 0 Å². The van der Waals surface area contributed by atoms with Crippen molar-refractivity contribution in [3.05, 3.63) is 59.0 Å². The fraction of sp³-hybridized carbons (Fsp3) is 0.143. The van der Waals surface area contributed by atoms with Gasteiger partial charge >= 0.3 is 0 Å². The Morgan fingerprint density at radius 3 is 1.57 bits per heavy atom. The van der Waals surface area contributed by atoms with Crippen LogP contribution in [0, 0.1) is 0 Å². The van der Waals surface area contributed by atoms with Crippen molar-refractivity contribution in [2.24, 2.45) is 0 Å². The molecule has 0 N–H and O–H groups in total. The number of allylic oxidation sites excluding steroid dienone is 2. The lowest BCUT2D eigenvalue weighted by molar-refractivity contribution is 0.835. The maximum atomic E-state index is 3.73. The highest BCUT2D eigenvalue weighted by Gasteiger charge is 2.11. The highest BCUT2D eigenvalue weighted by Crippen LogP contribution is 2.18. The quantitative estimate of drug-likeness (QED) is 0.653. The Bertz CT molecular complexity index is 443. The topological polar surface area (TPSA) is 0 Å². The SMILES string of the molecule is C=C/C=c1/cc2c(c/c1=C/C=C)CC2. The molecule has 0 aromatic heterocycles. The minimum Gasteiger partial charge on any atom is -0.0990 e. The van der Waals surface area contributed by atoms with Gasteiger partial charge in [-0.2, -0.15) is 0 Å². The van der Waals surface area contributed by atoms with Crippen LogP contribution in [0.1, 0.15) is 11.1 Å². The largest absolute Gasteiger partial charge is 0.0990 e. The molecule has 0 heterocycles. The van der Waals surface area contributed by atoms with Crippen LogP contribution in [0.2, 0.25) is 0 Å². The fourth-order valence-corrected chi connectivity index (χ4v) is 1.83. The highest BCUT2D eigenvalue weighted by atomic mass is 14.2. The number of hydrogen-bond donors (Lipinski definition) is 0. The average molecular weight is 182 g/mol. The lowest BCUT2D eigenvalue weighted by Gasteiger charge is -2.18. The molecular weight excluding hydrogens is 168 g/mol. The molecule has 0 radical (unpaired) electrons. The van der Waals surface area contributed by atoms with E-state index in [1.54, 1.807) is 0 Å². The molecule has 0 bridgehead atoms. The molecule has 0 nitrogen and oxygen atoms in total. The number of aryl methyl sites for hydroxylation is 2. The third kappa shape index (κ3) is 1.44. The predicted octanol–water partition coefficient (Wildman–Crippen LogP) is 1.72. The molecular formula is C14H14. The molecule has 0 saturated heterocycles. The van der Waals surface area contributed by atoms with Crippen LogP contribution in [0.3, 0.4) is 0 Å². The van der Waals surface area contributed by atoms with E-state index in [4.69, 9.17) is 0 Å². The van der Waals surface area contributed by atoms with Crippen molar-refractivity contribution in [1.82, 2.24) is 0 Å². The van der Waals surface area contributed by atoms with E-state index in [0.717, 1.165) is 0 Å². The summed E-state index contributed by atoms with van der Waals surface area (Å²) in [7, 11) is 0. The lowest BCUT2D eigenvalue weighted by atomic mass is 9.87. The fourth-order valence-electron chi connectivity index (χ4n) is 1.83. The first-order valence-corrected chi connectivity index (χ1v) is 4.92. The molecule has 1 aliphatic rings. The third-order valence-electron chi connectivity index (χ3n) is 2.66. The summed E-state index contributed by atoms with van der Waals surface area (Å²) in [6.45, 7) is 7.46. The van der Waals surface area contributed by atoms with Gasteiger partial charge in [-0.1, -0.05) is 49.6 Å². The molecule has 2 rings (SSSR count). The number of hydrogen-bond acceptors (Lipinski definition) is 0. The van der Waals surface area contributed by atoms with Gasteiger partial charge in [-0.3, -0.25) is 0 Å². The summed E-state index contributed by atoms with van der Waals surface area (Å²) < 4.78 is 0. The second-order valence-corrected chi connectivity index (χ2v) is 3.55. The highest BCUT2D eigenvalue weighted by molar-refractivity contribution is 5.47. The van der Waals surface area contributed by atoms with Crippen molar-refractivity contribution in [3.8, 4) is 0 Å². The molecule has 70 valence electrons. The second-order valence-electron chi connectivity index (χ2n) is 3.55. The van der Waals surface area contributed by atoms with Gasteiger partial charge in [-0.15, -0.1) is 0 Å². The molecule has 0 heteroatoms. The van der Waals surface area contributed by atoms with Gasteiger partial charge < -0.3 is 0 Å². The van der Waals surface area contributed by atoms with Crippen molar-refractivity contribution >= 4 is 12.2 Å². The molecule has 0 spiro atoms. The van der Waals surface area contributed by atoms with Crippen LogP contribution >= 0.6 is 0 Å². The molecule has 0 unspecified atom stereocenters. The number of fused-ring (bicyclic) bond motifs is 1. The van der Waals surface area contributed by atoms with Crippen LogP contribution in [0.4, 0.5) is 0 Å². The predicted molar refractivity (Wildman–Crippen MR) is 62.4 cm³/mol. The van der Waals surface area contributed by atoms with Crippen LogP contribution in [-0.2, 0) is 12.8 Å². The molecule has 1 aromatic carbocycles. The Morgan fingerprint density at radius 1 is 0.857 bits per heavy atom. The summed E-state index contributed by atoms with van der Waals surface area (Å²) in [5.41, 5.74) is 2.97. The van der Waals surface area contributed by atoms with E-state index in [0.29, 0.717) is 0 Å². The first kappa shape index (κ1) is 9.01. The van der Waals surface area contributed by atoms with Crippen molar-refractivity contribution in [2.45, 2.75) is 12.8 Å². The van der Waals surface area contributed by atoms with E-state index in [2.05, 4.69) is 25.3 Å². The van der Waals surface area contributed by atoms with Gasteiger partial charge in [0.2, 0.25) is 0 Å². The van der Waals surface area contributed by atoms with Crippen molar-refractivity contribution in [1.29, 1.82) is 0 Å². The summed E-state index contributed by atoms with van der Waals surface area (Å²) in [6.07, 6.45) is 10.2. The summed E-state index contributed by atoms with van der Waals surface area (Å²) in [6, 6.07) is 4.52. The molecule has 0 aliphatic heterocycles. The zero-order valence-corrected chi connectivity index (χ0v) is 8.29. The Hall–Kier alpha value is -1.56.